The Morgan fingerprint density at radius 2 is 2.25 bits per heavy atom. The van der Waals surface area contributed by atoms with Crippen molar-refractivity contribution in [3.8, 4) is 5.75 Å². The monoisotopic (exact) mass is 223 g/mol. The van der Waals surface area contributed by atoms with Crippen molar-refractivity contribution in [3.05, 3.63) is 33.9 Å². The van der Waals surface area contributed by atoms with E-state index in [1.165, 1.54) is 12.1 Å². The summed E-state index contributed by atoms with van der Waals surface area (Å²) in [6, 6.07) is 4.43. The van der Waals surface area contributed by atoms with Gasteiger partial charge in [0.2, 0.25) is 0 Å². The van der Waals surface area contributed by atoms with Crippen LogP contribution in [0.3, 0.4) is 0 Å². The van der Waals surface area contributed by atoms with E-state index < -0.39 is 10.8 Å². The summed E-state index contributed by atoms with van der Waals surface area (Å²) in [5, 5.41) is 10.8. The van der Waals surface area contributed by atoms with Gasteiger partial charge in [-0.3, -0.25) is 10.1 Å². The molecule has 5 nitrogen and oxygen atoms in total. The van der Waals surface area contributed by atoms with Gasteiger partial charge in [0.1, 0.15) is 12.0 Å². The standard InChI is InChI=1S/C11H13NO4/c1-3-16-9-4-5-11(12(14)15)10(6-9)8(2)7-13/h4-8H,3H2,1-2H3. The van der Waals surface area contributed by atoms with Crippen molar-refractivity contribution in [1.29, 1.82) is 0 Å². The molecule has 1 atom stereocenters. The van der Waals surface area contributed by atoms with Gasteiger partial charge < -0.3 is 9.53 Å². The lowest BCUT2D eigenvalue weighted by molar-refractivity contribution is -0.385. The third kappa shape index (κ3) is 2.56. The molecule has 0 aliphatic rings. The summed E-state index contributed by atoms with van der Waals surface area (Å²) in [5.41, 5.74) is 0.328. The van der Waals surface area contributed by atoms with Crippen LogP contribution in [0.15, 0.2) is 18.2 Å². The lowest BCUT2D eigenvalue weighted by Crippen LogP contribution is -2.02. The van der Waals surface area contributed by atoms with Crippen LogP contribution in [0.1, 0.15) is 25.3 Å². The first-order valence-corrected chi connectivity index (χ1v) is 4.96. The number of hydrogen-bond donors (Lipinski definition) is 0. The average Bonchev–Trinajstić information content (AvgIpc) is 2.28. The number of rotatable bonds is 5. The molecule has 0 amide bonds. The maximum absolute atomic E-state index is 10.8. The molecule has 16 heavy (non-hydrogen) atoms. The second kappa shape index (κ2) is 5.25. The molecule has 0 aliphatic heterocycles. The Labute approximate surface area is 93.2 Å². The topological polar surface area (TPSA) is 69.4 Å². The zero-order chi connectivity index (χ0) is 12.1. The summed E-state index contributed by atoms with van der Waals surface area (Å²) in [7, 11) is 0. The fourth-order valence-electron chi connectivity index (χ4n) is 1.39. The number of carbonyl (C=O) groups is 1. The molecular weight excluding hydrogens is 210 g/mol. The molecule has 0 spiro atoms. The fourth-order valence-corrected chi connectivity index (χ4v) is 1.39. The van der Waals surface area contributed by atoms with Gasteiger partial charge in [0.05, 0.1) is 11.5 Å². The van der Waals surface area contributed by atoms with Gasteiger partial charge in [-0.1, -0.05) is 6.92 Å². The smallest absolute Gasteiger partial charge is 0.273 e. The zero-order valence-electron chi connectivity index (χ0n) is 9.17. The van der Waals surface area contributed by atoms with Crippen molar-refractivity contribution >= 4 is 12.0 Å². The highest BCUT2D eigenvalue weighted by Gasteiger charge is 2.19. The summed E-state index contributed by atoms with van der Waals surface area (Å²) in [4.78, 5) is 21.0. The second-order valence-electron chi connectivity index (χ2n) is 3.34. The van der Waals surface area contributed by atoms with Crippen molar-refractivity contribution in [1.82, 2.24) is 0 Å². The average molecular weight is 223 g/mol. The molecule has 0 N–H and O–H groups in total. The molecule has 1 unspecified atom stereocenters. The Hall–Kier alpha value is -1.91. The molecule has 0 saturated heterocycles. The predicted octanol–water partition coefficient (Wildman–Crippen LogP) is 2.30. The molecule has 0 bridgehead atoms. The molecule has 0 aliphatic carbocycles. The lowest BCUT2D eigenvalue weighted by atomic mass is 10.0. The minimum Gasteiger partial charge on any atom is -0.494 e. The maximum Gasteiger partial charge on any atom is 0.273 e. The molecule has 0 aromatic heterocycles. The largest absolute Gasteiger partial charge is 0.494 e. The van der Waals surface area contributed by atoms with Crippen LogP contribution in [0.5, 0.6) is 5.75 Å². The Morgan fingerprint density at radius 1 is 1.56 bits per heavy atom. The van der Waals surface area contributed by atoms with Crippen LogP contribution in [0, 0.1) is 10.1 Å². The first-order valence-electron chi connectivity index (χ1n) is 4.96. The van der Waals surface area contributed by atoms with Gasteiger partial charge in [-0.25, -0.2) is 0 Å². The van der Waals surface area contributed by atoms with Gasteiger partial charge in [0, 0.05) is 17.5 Å². The highest BCUT2D eigenvalue weighted by atomic mass is 16.6. The molecule has 5 heteroatoms. The summed E-state index contributed by atoms with van der Waals surface area (Å²) in [6.07, 6.45) is 0.679. The molecule has 0 radical (unpaired) electrons. The van der Waals surface area contributed by atoms with E-state index in [-0.39, 0.29) is 5.69 Å². The second-order valence-corrected chi connectivity index (χ2v) is 3.34. The van der Waals surface area contributed by atoms with Crippen LogP contribution in [0.2, 0.25) is 0 Å². The minimum atomic E-state index is -0.513. The van der Waals surface area contributed by atoms with E-state index in [2.05, 4.69) is 0 Å². The molecule has 1 aromatic rings. The molecular formula is C11H13NO4. The van der Waals surface area contributed by atoms with E-state index in [1.54, 1.807) is 13.0 Å². The van der Waals surface area contributed by atoms with E-state index in [4.69, 9.17) is 4.74 Å². The highest BCUT2D eigenvalue weighted by Crippen LogP contribution is 2.29. The highest BCUT2D eigenvalue weighted by molar-refractivity contribution is 5.66. The zero-order valence-corrected chi connectivity index (χ0v) is 9.17. The summed E-state index contributed by atoms with van der Waals surface area (Å²) in [5.74, 6) is 0.0256. The van der Waals surface area contributed by atoms with Crippen molar-refractivity contribution in [3.63, 3.8) is 0 Å². The van der Waals surface area contributed by atoms with E-state index in [1.807, 2.05) is 6.92 Å². The quantitative estimate of drug-likeness (QED) is 0.436. The number of hydrogen-bond acceptors (Lipinski definition) is 4. The van der Waals surface area contributed by atoms with Gasteiger partial charge in [-0.05, 0) is 19.1 Å². The third-order valence-corrected chi connectivity index (χ3v) is 2.20. The first kappa shape index (κ1) is 12.2. The number of carbonyl (C=O) groups excluding carboxylic acids is 1. The van der Waals surface area contributed by atoms with E-state index >= 15 is 0 Å². The molecule has 1 aromatic carbocycles. The van der Waals surface area contributed by atoms with E-state index in [0.29, 0.717) is 24.2 Å². The molecule has 1 rings (SSSR count). The summed E-state index contributed by atoms with van der Waals surface area (Å²) >= 11 is 0. The van der Waals surface area contributed by atoms with Crippen LogP contribution in [-0.4, -0.2) is 17.8 Å². The first-order chi connectivity index (χ1) is 7.60. The van der Waals surface area contributed by atoms with Crippen LogP contribution >= 0.6 is 0 Å². The van der Waals surface area contributed by atoms with Crippen LogP contribution in [-0.2, 0) is 4.79 Å². The van der Waals surface area contributed by atoms with Gasteiger partial charge in [0.15, 0.2) is 0 Å². The molecule has 0 saturated carbocycles. The minimum absolute atomic E-state index is 0.0527. The van der Waals surface area contributed by atoms with Gasteiger partial charge >= 0.3 is 0 Å². The Morgan fingerprint density at radius 3 is 2.75 bits per heavy atom. The summed E-state index contributed by atoms with van der Waals surface area (Å²) < 4.78 is 5.24. The van der Waals surface area contributed by atoms with Crippen molar-refractivity contribution in [2.24, 2.45) is 0 Å². The SMILES string of the molecule is CCOc1ccc([N+](=O)[O-])c(C(C)C=O)c1. The Balaban J connectivity index is 3.20. The number of nitro benzene ring substituents is 1. The summed E-state index contributed by atoms with van der Waals surface area (Å²) in [6.45, 7) is 3.92. The lowest BCUT2D eigenvalue weighted by Gasteiger charge is -2.08. The van der Waals surface area contributed by atoms with Crippen molar-refractivity contribution in [2.75, 3.05) is 6.61 Å². The van der Waals surface area contributed by atoms with Gasteiger partial charge in [0.25, 0.3) is 5.69 Å². The Bertz CT molecular complexity index is 403. The fraction of sp³-hybridized carbons (Fsp3) is 0.364. The van der Waals surface area contributed by atoms with E-state index in [0.717, 1.165) is 0 Å². The van der Waals surface area contributed by atoms with E-state index in [9.17, 15) is 14.9 Å². The van der Waals surface area contributed by atoms with Gasteiger partial charge in [-0.15, -0.1) is 0 Å². The van der Waals surface area contributed by atoms with Crippen LogP contribution in [0.4, 0.5) is 5.69 Å². The van der Waals surface area contributed by atoms with Gasteiger partial charge in [-0.2, -0.15) is 0 Å². The molecule has 0 fully saturated rings. The Kier molecular flexibility index (Phi) is 3.99. The third-order valence-electron chi connectivity index (χ3n) is 2.20. The molecule has 0 heterocycles. The predicted molar refractivity (Wildman–Crippen MR) is 58.7 cm³/mol. The number of aldehydes is 1. The maximum atomic E-state index is 10.8. The normalized spacial score (nSPS) is 11.9. The molecule has 86 valence electrons. The van der Waals surface area contributed by atoms with Crippen molar-refractivity contribution < 1.29 is 14.5 Å². The van der Waals surface area contributed by atoms with Crippen molar-refractivity contribution in [2.45, 2.75) is 19.8 Å². The van der Waals surface area contributed by atoms with Crippen LogP contribution < -0.4 is 4.74 Å². The van der Waals surface area contributed by atoms with Crippen LogP contribution in [0.25, 0.3) is 0 Å². The number of nitro groups is 1. The number of ether oxygens (including phenoxy) is 1. The number of benzene rings is 1. The number of nitrogens with zero attached hydrogens (tertiary/aromatic N) is 1.